The van der Waals surface area contributed by atoms with Crippen molar-refractivity contribution in [3.8, 4) is 0 Å². The van der Waals surface area contributed by atoms with E-state index < -0.39 is 0 Å². The molecule has 1 aromatic rings. The number of aliphatic hydroxyl groups excluding tert-OH is 1. The molecule has 104 valence electrons. The molecule has 5 rings (SSSR count). The van der Waals surface area contributed by atoms with Gasteiger partial charge >= 0.3 is 0 Å². The molecular weight excluding hydrogens is 238 g/mol. The van der Waals surface area contributed by atoms with Crippen molar-refractivity contribution in [1.82, 2.24) is 14.8 Å². The van der Waals surface area contributed by atoms with Crippen LogP contribution in [0.4, 0.5) is 0 Å². The fraction of sp³-hybridized carbons (Fsp3) is 0.867. The molecule has 0 spiro atoms. The smallest absolute Gasteiger partial charge is 0.158 e. The average Bonchev–Trinajstić information content (AvgIpc) is 2.80. The van der Waals surface area contributed by atoms with Crippen molar-refractivity contribution < 1.29 is 5.11 Å². The third-order valence-electron chi connectivity index (χ3n) is 5.84. The lowest BCUT2D eigenvalue weighted by atomic mass is 9.51. The Labute approximate surface area is 114 Å². The minimum atomic E-state index is 0.00808. The summed E-state index contributed by atoms with van der Waals surface area (Å²) in [4.78, 5) is 0. The second-order valence-corrected chi connectivity index (χ2v) is 6.83. The number of rotatable bonds is 3. The van der Waals surface area contributed by atoms with Gasteiger partial charge in [-0.2, -0.15) is 0 Å². The zero-order valence-corrected chi connectivity index (χ0v) is 11.6. The van der Waals surface area contributed by atoms with Crippen LogP contribution in [0.15, 0.2) is 0 Å². The summed E-state index contributed by atoms with van der Waals surface area (Å²) in [6.45, 7) is 3.01. The minimum Gasteiger partial charge on any atom is -0.388 e. The predicted molar refractivity (Wildman–Crippen MR) is 71.4 cm³/mol. The van der Waals surface area contributed by atoms with E-state index in [1.165, 1.54) is 37.9 Å². The first-order valence-electron chi connectivity index (χ1n) is 7.83. The molecule has 4 aliphatic carbocycles. The maximum atomic E-state index is 9.39. The van der Waals surface area contributed by atoms with Gasteiger partial charge in [0, 0.05) is 12.5 Å². The van der Waals surface area contributed by atoms with Gasteiger partial charge in [-0.3, -0.25) is 0 Å². The van der Waals surface area contributed by atoms with Gasteiger partial charge in [0.05, 0.1) is 0 Å². The van der Waals surface area contributed by atoms with E-state index in [0.717, 1.165) is 36.0 Å². The second kappa shape index (κ2) is 4.30. The molecule has 0 atom stereocenters. The van der Waals surface area contributed by atoms with Gasteiger partial charge in [0.1, 0.15) is 12.4 Å². The third kappa shape index (κ3) is 1.69. The molecule has 0 radical (unpaired) electrons. The largest absolute Gasteiger partial charge is 0.388 e. The molecule has 4 fully saturated rings. The Hall–Kier alpha value is -0.900. The summed E-state index contributed by atoms with van der Waals surface area (Å²) in [5.74, 6) is 6.17. The molecule has 1 aromatic heterocycles. The van der Waals surface area contributed by atoms with Gasteiger partial charge < -0.3 is 9.67 Å². The molecule has 0 aromatic carbocycles. The Bertz CT molecular complexity index is 454. The van der Waals surface area contributed by atoms with E-state index in [2.05, 4.69) is 21.7 Å². The second-order valence-electron chi connectivity index (χ2n) is 6.83. The van der Waals surface area contributed by atoms with Crippen LogP contribution < -0.4 is 0 Å². The summed E-state index contributed by atoms with van der Waals surface area (Å²) >= 11 is 0. The van der Waals surface area contributed by atoms with Crippen LogP contribution in [0.25, 0.3) is 0 Å². The van der Waals surface area contributed by atoms with E-state index in [4.69, 9.17) is 0 Å². The molecule has 1 heterocycles. The predicted octanol–water partition coefficient (Wildman–Crippen LogP) is 2.33. The summed E-state index contributed by atoms with van der Waals surface area (Å²) in [6.07, 6.45) is 7.11. The molecule has 0 saturated heterocycles. The van der Waals surface area contributed by atoms with Gasteiger partial charge in [0.2, 0.25) is 0 Å². The lowest BCUT2D eigenvalue weighted by Gasteiger charge is -2.54. The number of aromatic nitrogens is 3. The van der Waals surface area contributed by atoms with Gasteiger partial charge in [-0.25, -0.2) is 0 Å². The van der Waals surface area contributed by atoms with Crippen LogP contribution >= 0.6 is 0 Å². The highest BCUT2D eigenvalue weighted by molar-refractivity contribution is 5.12. The van der Waals surface area contributed by atoms with Crippen molar-refractivity contribution in [1.29, 1.82) is 0 Å². The van der Waals surface area contributed by atoms with Crippen LogP contribution in [0.5, 0.6) is 0 Å². The maximum Gasteiger partial charge on any atom is 0.158 e. The molecular formula is C15H23N3O. The SMILES string of the molecule is CCn1c(CO)nnc1C1C2CC3CC(C2)CC1C3. The number of aliphatic hydroxyl groups is 1. The van der Waals surface area contributed by atoms with Crippen LogP contribution in [-0.4, -0.2) is 19.9 Å². The van der Waals surface area contributed by atoms with Crippen LogP contribution in [0.1, 0.15) is 56.6 Å². The molecule has 4 nitrogen and oxygen atoms in total. The van der Waals surface area contributed by atoms with E-state index >= 15 is 0 Å². The highest BCUT2D eigenvalue weighted by atomic mass is 16.3. The van der Waals surface area contributed by atoms with E-state index in [-0.39, 0.29) is 6.61 Å². The van der Waals surface area contributed by atoms with Crippen molar-refractivity contribution in [2.75, 3.05) is 0 Å². The van der Waals surface area contributed by atoms with E-state index in [1.807, 2.05) is 0 Å². The van der Waals surface area contributed by atoms with Gasteiger partial charge in [-0.15, -0.1) is 10.2 Å². The Morgan fingerprint density at radius 1 is 1.05 bits per heavy atom. The fourth-order valence-electron chi connectivity index (χ4n) is 5.40. The van der Waals surface area contributed by atoms with Crippen LogP contribution in [0, 0.1) is 23.7 Å². The number of nitrogens with zero attached hydrogens (tertiary/aromatic N) is 3. The van der Waals surface area contributed by atoms with Crippen molar-refractivity contribution in [2.24, 2.45) is 23.7 Å². The molecule has 4 heteroatoms. The summed E-state index contributed by atoms with van der Waals surface area (Å²) in [5.41, 5.74) is 0. The van der Waals surface area contributed by atoms with Gasteiger partial charge in [0.25, 0.3) is 0 Å². The van der Waals surface area contributed by atoms with Crippen molar-refractivity contribution in [3.05, 3.63) is 11.6 Å². The molecule has 0 amide bonds. The number of hydrogen-bond donors (Lipinski definition) is 1. The summed E-state index contributed by atoms with van der Waals surface area (Å²) < 4.78 is 2.16. The van der Waals surface area contributed by atoms with Gasteiger partial charge in [-0.1, -0.05) is 0 Å². The first-order chi connectivity index (χ1) is 9.30. The zero-order chi connectivity index (χ0) is 13.0. The Morgan fingerprint density at radius 3 is 2.21 bits per heavy atom. The first-order valence-corrected chi connectivity index (χ1v) is 7.83. The molecule has 1 N–H and O–H groups in total. The molecule has 0 unspecified atom stereocenters. The highest BCUT2D eigenvalue weighted by Gasteiger charge is 2.50. The summed E-state index contributed by atoms with van der Waals surface area (Å²) in [6, 6.07) is 0. The molecule has 19 heavy (non-hydrogen) atoms. The quantitative estimate of drug-likeness (QED) is 0.908. The molecule has 4 saturated carbocycles. The fourth-order valence-corrected chi connectivity index (χ4v) is 5.40. The van der Waals surface area contributed by atoms with Crippen molar-refractivity contribution >= 4 is 0 Å². The Balaban J connectivity index is 1.71. The molecule has 0 aliphatic heterocycles. The Kier molecular flexibility index (Phi) is 2.69. The lowest BCUT2D eigenvalue weighted by Crippen LogP contribution is -2.44. The summed E-state index contributed by atoms with van der Waals surface area (Å²) in [5, 5.41) is 18.0. The van der Waals surface area contributed by atoms with Crippen molar-refractivity contribution in [2.45, 2.75) is 58.1 Å². The zero-order valence-electron chi connectivity index (χ0n) is 11.6. The standard InChI is InChI=1S/C15H23N3O/c1-2-18-13(8-19)16-17-15(18)14-11-4-9-3-10(6-11)7-12(14)5-9/h9-12,14,19H,2-8H2,1H3. The number of hydrogen-bond acceptors (Lipinski definition) is 3. The summed E-state index contributed by atoms with van der Waals surface area (Å²) in [7, 11) is 0. The van der Waals surface area contributed by atoms with Crippen LogP contribution in [0.2, 0.25) is 0 Å². The van der Waals surface area contributed by atoms with E-state index in [0.29, 0.717) is 5.92 Å². The normalized spacial score (nSPS) is 40.0. The van der Waals surface area contributed by atoms with E-state index in [9.17, 15) is 5.11 Å². The highest BCUT2D eigenvalue weighted by Crippen LogP contribution is 2.59. The molecule has 4 aliphatic rings. The topological polar surface area (TPSA) is 50.9 Å². The lowest BCUT2D eigenvalue weighted by molar-refractivity contribution is -0.00693. The molecule has 4 bridgehead atoms. The van der Waals surface area contributed by atoms with Gasteiger partial charge in [0.15, 0.2) is 5.82 Å². The minimum absolute atomic E-state index is 0.00808. The van der Waals surface area contributed by atoms with Crippen LogP contribution in [0.3, 0.4) is 0 Å². The average molecular weight is 261 g/mol. The van der Waals surface area contributed by atoms with E-state index in [1.54, 1.807) is 0 Å². The van der Waals surface area contributed by atoms with Crippen molar-refractivity contribution in [3.63, 3.8) is 0 Å². The Morgan fingerprint density at radius 2 is 1.68 bits per heavy atom. The van der Waals surface area contributed by atoms with Gasteiger partial charge in [-0.05, 0) is 62.7 Å². The third-order valence-corrected chi connectivity index (χ3v) is 5.84. The maximum absolute atomic E-state index is 9.39. The van der Waals surface area contributed by atoms with Crippen LogP contribution in [-0.2, 0) is 13.2 Å². The first kappa shape index (κ1) is 11.9. The monoisotopic (exact) mass is 261 g/mol.